The predicted molar refractivity (Wildman–Crippen MR) is 98.3 cm³/mol. The van der Waals surface area contributed by atoms with E-state index in [2.05, 4.69) is 10.3 Å². The predicted octanol–water partition coefficient (Wildman–Crippen LogP) is 3.87. The zero-order valence-electron chi connectivity index (χ0n) is 14.7. The van der Waals surface area contributed by atoms with Crippen molar-refractivity contribution in [1.29, 1.82) is 0 Å². The van der Waals surface area contributed by atoms with Crippen LogP contribution in [0.3, 0.4) is 0 Å². The first-order valence-electron chi connectivity index (χ1n) is 8.67. The molecule has 0 spiro atoms. The maximum atomic E-state index is 12.2. The Morgan fingerprint density at radius 3 is 2.65 bits per heavy atom. The molecule has 0 amide bonds. The molecule has 2 aromatic carbocycles. The van der Waals surface area contributed by atoms with Crippen LogP contribution in [0.15, 0.2) is 41.0 Å². The SMILES string of the molecule is CC(C)S(=O)(=O)CC1CCc2cc(Oc3ccc4nonc4c3)ccc21. The van der Waals surface area contributed by atoms with Crippen LogP contribution in [0, 0.1) is 0 Å². The van der Waals surface area contributed by atoms with Crippen LogP contribution in [-0.4, -0.2) is 29.7 Å². The molecule has 0 fully saturated rings. The maximum Gasteiger partial charge on any atom is 0.153 e. The van der Waals surface area contributed by atoms with E-state index in [4.69, 9.17) is 9.37 Å². The van der Waals surface area contributed by atoms with Gasteiger partial charge in [0.15, 0.2) is 9.84 Å². The Balaban J connectivity index is 1.54. The van der Waals surface area contributed by atoms with E-state index >= 15 is 0 Å². The van der Waals surface area contributed by atoms with E-state index in [-0.39, 0.29) is 16.9 Å². The van der Waals surface area contributed by atoms with Crippen LogP contribution in [-0.2, 0) is 16.3 Å². The zero-order valence-corrected chi connectivity index (χ0v) is 15.5. The maximum absolute atomic E-state index is 12.2. The third kappa shape index (κ3) is 3.19. The number of hydrogen-bond acceptors (Lipinski definition) is 6. The van der Waals surface area contributed by atoms with Gasteiger partial charge in [-0.3, -0.25) is 0 Å². The molecule has 7 heteroatoms. The lowest BCUT2D eigenvalue weighted by Gasteiger charge is -2.15. The molecule has 136 valence electrons. The van der Waals surface area contributed by atoms with Gasteiger partial charge in [0.25, 0.3) is 0 Å². The van der Waals surface area contributed by atoms with Crippen LogP contribution in [0.5, 0.6) is 11.5 Å². The van der Waals surface area contributed by atoms with Crippen molar-refractivity contribution in [3.63, 3.8) is 0 Å². The highest BCUT2D eigenvalue weighted by Gasteiger charge is 2.29. The van der Waals surface area contributed by atoms with Crippen LogP contribution < -0.4 is 4.74 Å². The lowest BCUT2D eigenvalue weighted by molar-refractivity contribution is 0.315. The summed E-state index contributed by atoms with van der Waals surface area (Å²) in [5.41, 5.74) is 3.61. The summed E-state index contributed by atoms with van der Waals surface area (Å²) in [6, 6.07) is 11.3. The first-order valence-corrected chi connectivity index (χ1v) is 10.4. The lowest BCUT2D eigenvalue weighted by Crippen LogP contribution is -2.21. The Labute approximate surface area is 152 Å². The molecule has 1 aliphatic rings. The summed E-state index contributed by atoms with van der Waals surface area (Å²) in [7, 11) is -3.05. The van der Waals surface area contributed by atoms with Crippen LogP contribution in [0.25, 0.3) is 11.0 Å². The number of aromatic nitrogens is 2. The molecule has 4 rings (SSSR count). The number of ether oxygens (including phenoxy) is 1. The third-order valence-electron chi connectivity index (χ3n) is 4.93. The van der Waals surface area contributed by atoms with Crippen molar-refractivity contribution in [3.05, 3.63) is 47.5 Å². The van der Waals surface area contributed by atoms with Gasteiger partial charge >= 0.3 is 0 Å². The number of nitrogens with zero attached hydrogens (tertiary/aromatic N) is 2. The van der Waals surface area contributed by atoms with Gasteiger partial charge in [-0.15, -0.1) is 0 Å². The molecule has 0 saturated heterocycles. The van der Waals surface area contributed by atoms with E-state index < -0.39 is 9.84 Å². The fourth-order valence-electron chi connectivity index (χ4n) is 3.35. The number of aryl methyl sites for hydroxylation is 1. The molecular weight excluding hydrogens is 352 g/mol. The van der Waals surface area contributed by atoms with Crippen LogP contribution >= 0.6 is 0 Å². The lowest BCUT2D eigenvalue weighted by atomic mass is 10.0. The smallest absolute Gasteiger partial charge is 0.153 e. The van der Waals surface area contributed by atoms with Gasteiger partial charge in [0.2, 0.25) is 0 Å². The summed E-state index contributed by atoms with van der Waals surface area (Å²) < 4.78 is 35.1. The van der Waals surface area contributed by atoms with E-state index in [9.17, 15) is 8.42 Å². The summed E-state index contributed by atoms with van der Waals surface area (Å²) >= 11 is 0. The van der Waals surface area contributed by atoms with Gasteiger partial charge in [-0.25, -0.2) is 13.0 Å². The van der Waals surface area contributed by atoms with Crippen molar-refractivity contribution < 1.29 is 17.8 Å². The normalized spacial score (nSPS) is 17.0. The molecule has 0 aliphatic heterocycles. The first kappa shape index (κ1) is 17.0. The number of fused-ring (bicyclic) bond motifs is 2. The number of sulfone groups is 1. The minimum Gasteiger partial charge on any atom is -0.457 e. The molecule has 0 radical (unpaired) electrons. The number of hydrogen-bond donors (Lipinski definition) is 0. The van der Waals surface area contributed by atoms with Crippen LogP contribution in [0.1, 0.15) is 37.3 Å². The summed E-state index contributed by atoms with van der Waals surface area (Å²) in [6.45, 7) is 3.48. The van der Waals surface area contributed by atoms with Crippen molar-refractivity contribution in [1.82, 2.24) is 10.3 Å². The molecule has 0 bridgehead atoms. The van der Waals surface area contributed by atoms with Crippen molar-refractivity contribution in [2.45, 2.75) is 37.9 Å². The second kappa shape index (κ2) is 6.39. The van der Waals surface area contributed by atoms with E-state index in [0.717, 1.165) is 29.7 Å². The van der Waals surface area contributed by atoms with Gasteiger partial charge in [0.1, 0.15) is 22.5 Å². The highest BCUT2D eigenvalue weighted by atomic mass is 32.2. The van der Waals surface area contributed by atoms with E-state index in [0.29, 0.717) is 16.8 Å². The number of benzene rings is 2. The Morgan fingerprint density at radius 1 is 1.12 bits per heavy atom. The molecule has 1 aliphatic carbocycles. The average molecular weight is 372 g/mol. The molecule has 1 aromatic heterocycles. The van der Waals surface area contributed by atoms with Gasteiger partial charge < -0.3 is 4.74 Å². The van der Waals surface area contributed by atoms with Crippen molar-refractivity contribution in [2.24, 2.45) is 0 Å². The molecule has 3 aromatic rings. The Kier molecular flexibility index (Phi) is 4.19. The third-order valence-corrected chi connectivity index (χ3v) is 7.23. The first-order chi connectivity index (χ1) is 12.4. The highest BCUT2D eigenvalue weighted by molar-refractivity contribution is 7.92. The summed E-state index contributed by atoms with van der Waals surface area (Å²) in [6.07, 6.45) is 1.73. The molecule has 1 heterocycles. The summed E-state index contributed by atoms with van der Waals surface area (Å²) in [5, 5.41) is 7.25. The Hall–Kier alpha value is -2.41. The van der Waals surface area contributed by atoms with E-state index in [1.165, 1.54) is 0 Å². The molecule has 0 N–H and O–H groups in total. The quantitative estimate of drug-likeness (QED) is 0.676. The minimum absolute atomic E-state index is 0.0732. The van der Waals surface area contributed by atoms with Crippen molar-refractivity contribution in [2.75, 3.05) is 5.75 Å². The fourth-order valence-corrected chi connectivity index (χ4v) is 4.65. The molecule has 1 unspecified atom stereocenters. The Bertz CT molecular complexity index is 1060. The summed E-state index contributed by atoms with van der Waals surface area (Å²) in [5.74, 6) is 1.68. The number of rotatable bonds is 5. The second-order valence-electron chi connectivity index (χ2n) is 6.99. The molecule has 26 heavy (non-hydrogen) atoms. The van der Waals surface area contributed by atoms with Gasteiger partial charge in [0.05, 0.1) is 11.0 Å². The van der Waals surface area contributed by atoms with E-state index in [1.54, 1.807) is 26.0 Å². The monoisotopic (exact) mass is 372 g/mol. The highest BCUT2D eigenvalue weighted by Crippen LogP contribution is 2.37. The van der Waals surface area contributed by atoms with Gasteiger partial charge in [-0.05, 0) is 78.3 Å². The van der Waals surface area contributed by atoms with Crippen molar-refractivity contribution >= 4 is 20.9 Å². The molecule has 1 atom stereocenters. The van der Waals surface area contributed by atoms with Crippen LogP contribution in [0.2, 0.25) is 0 Å². The standard InChI is InChI=1S/C19H20N2O4S/c1-12(2)26(22,23)11-14-4-3-13-9-15(5-7-17(13)14)24-16-6-8-18-19(10-16)21-25-20-18/h5-10,12,14H,3-4,11H2,1-2H3. The van der Waals surface area contributed by atoms with Gasteiger partial charge in [0, 0.05) is 6.07 Å². The van der Waals surface area contributed by atoms with Crippen LogP contribution in [0.4, 0.5) is 0 Å². The Morgan fingerprint density at radius 2 is 1.85 bits per heavy atom. The summed E-state index contributed by atoms with van der Waals surface area (Å²) in [4.78, 5) is 0. The van der Waals surface area contributed by atoms with Crippen molar-refractivity contribution in [3.8, 4) is 11.5 Å². The van der Waals surface area contributed by atoms with Gasteiger partial charge in [-0.2, -0.15) is 0 Å². The molecular formula is C19H20N2O4S. The molecule has 0 saturated carbocycles. The topological polar surface area (TPSA) is 82.3 Å². The van der Waals surface area contributed by atoms with E-state index in [1.807, 2.05) is 24.3 Å². The molecule has 6 nitrogen and oxygen atoms in total. The second-order valence-corrected chi connectivity index (χ2v) is 9.59. The minimum atomic E-state index is -3.05. The van der Waals surface area contributed by atoms with Gasteiger partial charge in [-0.1, -0.05) is 6.07 Å². The fraction of sp³-hybridized carbons (Fsp3) is 0.368. The largest absolute Gasteiger partial charge is 0.457 e. The average Bonchev–Trinajstić information content (AvgIpc) is 3.21. The zero-order chi connectivity index (χ0) is 18.3.